The summed E-state index contributed by atoms with van der Waals surface area (Å²) in [5, 5.41) is 18.0. The number of fused-ring (bicyclic) bond motifs is 1. The highest BCUT2D eigenvalue weighted by Gasteiger charge is 2.30. The predicted molar refractivity (Wildman–Crippen MR) is 140 cm³/mol. The summed E-state index contributed by atoms with van der Waals surface area (Å²) in [6.45, 7) is 1.93. The first-order valence-electron chi connectivity index (χ1n) is 12.0. The second-order valence-electron chi connectivity index (χ2n) is 8.85. The molecule has 3 heterocycles. The molecule has 0 saturated carbocycles. The number of carbonyl (C=O) groups excluding carboxylic acids is 1. The van der Waals surface area contributed by atoms with Crippen LogP contribution in [0.1, 0.15) is 21.6 Å². The van der Waals surface area contributed by atoms with E-state index < -0.39 is 11.7 Å². The Morgan fingerprint density at radius 3 is 2.44 bits per heavy atom. The second-order valence-corrected chi connectivity index (χ2v) is 8.85. The molecule has 0 aliphatic heterocycles. The minimum Gasteiger partial charge on any atom is -0.368 e. The molecule has 4 aromatic rings. The summed E-state index contributed by atoms with van der Waals surface area (Å²) < 4.78 is 40.7. The van der Waals surface area contributed by atoms with Gasteiger partial charge in [0.25, 0.3) is 5.91 Å². The first-order chi connectivity index (χ1) is 18.6. The van der Waals surface area contributed by atoms with Crippen molar-refractivity contribution in [3.05, 3.63) is 71.7 Å². The van der Waals surface area contributed by atoms with Crippen molar-refractivity contribution in [3.8, 4) is 17.3 Å². The van der Waals surface area contributed by atoms with Crippen molar-refractivity contribution in [1.82, 2.24) is 29.6 Å². The molecule has 1 aromatic carbocycles. The number of likely N-dealkylation sites (N-methyl/N-ethyl adjacent to an activating group) is 1. The maximum atomic E-state index is 13.0. The van der Waals surface area contributed by atoms with Crippen LogP contribution in [-0.2, 0) is 6.18 Å². The van der Waals surface area contributed by atoms with Crippen LogP contribution in [0, 0.1) is 11.3 Å². The maximum Gasteiger partial charge on any atom is 0.416 e. The molecule has 4 rings (SSSR count). The van der Waals surface area contributed by atoms with E-state index in [0.29, 0.717) is 60.4 Å². The van der Waals surface area contributed by atoms with Gasteiger partial charge >= 0.3 is 6.18 Å². The second kappa shape index (κ2) is 11.8. The summed E-state index contributed by atoms with van der Waals surface area (Å²) >= 11 is 0. The summed E-state index contributed by atoms with van der Waals surface area (Å²) in [6.07, 6.45) is -1.43. The molecule has 0 radical (unpaired) electrons. The summed E-state index contributed by atoms with van der Waals surface area (Å²) in [4.78, 5) is 27.8. The number of pyridine rings is 1. The standard InChI is InChI=1S/C26H26F3N9O/c1-37(2)12-11-32-24(39)21-16-38-23(35-21)13-20(18-4-6-19(7-5-18)26(27,28)29)36-25(38)33-10-9-31-22-8-3-17(14-30)15-34-22/h3-8,13,15-16H,9-12H2,1-2H3,(H,31,34)(H,32,39)(H,33,36). The summed E-state index contributed by atoms with van der Waals surface area (Å²) in [5.41, 5.74) is 1.14. The van der Waals surface area contributed by atoms with Crippen molar-refractivity contribution < 1.29 is 18.0 Å². The number of nitrogens with one attached hydrogen (secondary N) is 3. The average molecular weight is 538 g/mol. The highest BCUT2D eigenvalue weighted by atomic mass is 19.4. The van der Waals surface area contributed by atoms with E-state index in [0.717, 1.165) is 12.1 Å². The summed E-state index contributed by atoms with van der Waals surface area (Å²) in [6, 6.07) is 11.7. The van der Waals surface area contributed by atoms with Crippen LogP contribution in [0.25, 0.3) is 16.9 Å². The third-order valence-electron chi connectivity index (χ3n) is 5.65. The van der Waals surface area contributed by atoms with Gasteiger partial charge in [-0.05, 0) is 38.4 Å². The zero-order valence-corrected chi connectivity index (χ0v) is 21.3. The summed E-state index contributed by atoms with van der Waals surface area (Å²) in [7, 11) is 3.80. The zero-order chi connectivity index (χ0) is 28.0. The van der Waals surface area contributed by atoms with Gasteiger partial charge in [-0.3, -0.25) is 9.20 Å². The van der Waals surface area contributed by atoms with Crippen LogP contribution in [0.3, 0.4) is 0 Å². The lowest BCUT2D eigenvalue weighted by molar-refractivity contribution is -0.137. The van der Waals surface area contributed by atoms with Crippen LogP contribution >= 0.6 is 0 Å². The number of alkyl halides is 3. The Hall–Kier alpha value is -4.70. The molecule has 0 bridgehead atoms. The maximum absolute atomic E-state index is 13.0. The highest BCUT2D eigenvalue weighted by Crippen LogP contribution is 2.31. The van der Waals surface area contributed by atoms with Crippen LogP contribution in [-0.4, -0.2) is 70.4 Å². The van der Waals surface area contributed by atoms with E-state index in [-0.39, 0.29) is 11.6 Å². The van der Waals surface area contributed by atoms with E-state index >= 15 is 0 Å². The third kappa shape index (κ3) is 6.99. The number of benzene rings is 1. The van der Waals surface area contributed by atoms with Gasteiger partial charge < -0.3 is 20.9 Å². The lowest BCUT2D eigenvalue weighted by atomic mass is 10.1. The Morgan fingerprint density at radius 2 is 1.79 bits per heavy atom. The normalized spacial score (nSPS) is 11.4. The number of rotatable bonds is 10. The van der Waals surface area contributed by atoms with Crippen LogP contribution in [0.15, 0.2) is 54.9 Å². The van der Waals surface area contributed by atoms with Crippen molar-refractivity contribution in [2.45, 2.75) is 6.18 Å². The number of aromatic nitrogens is 4. The van der Waals surface area contributed by atoms with Gasteiger partial charge in [0.2, 0.25) is 5.95 Å². The number of hydrogen-bond acceptors (Lipinski definition) is 8. The minimum atomic E-state index is -4.45. The van der Waals surface area contributed by atoms with Crippen LogP contribution in [0.4, 0.5) is 24.9 Å². The Balaban J connectivity index is 1.57. The van der Waals surface area contributed by atoms with E-state index in [1.54, 1.807) is 28.8 Å². The first-order valence-corrected chi connectivity index (χ1v) is 12.0. The quantitative estimate of drug-likeness (QED) is 0.263. The van der Waals surface area contributed by atoms with Crippen LogP contribution in [0.5, 0.6) is 0 Å². The molecular formula is C26H26F3N9O. The molecule has 0 fully saturated rings. The number of hydrogen-bond donors (Lipinski definition) is 3. The van der Waals surface area contributed by atoms with Gasteiger partial charge in [0.15, 0.2) is 0 Å². The molecule has 202 valence electrons. The smallest absolute Gasteiger partial charge is 0.368 e. The lowest BCUT2D eigenvalue weighted by Crippen LogP contribution is -2.31. The van der Waals surface area contributed by atoms with Crippen LogP contribution in [0.2, 0.25) is 0 Å². The highest BCUT2D eigenvalue weighted by molar-refractivity contribution is 5.93. The molecule has 10 nitrogen and oxygen atoms in total. The third-order valence-corrected chi connectivity index (χ3v) is 5.65. The Bertz CT molecular complexity index is 1470. The molecule has 3 aromatic heterocycles. The van der Waals surface area contributed by atoms with Crippen LogP contribution < -0.4 is 16.0 Å². The Labute approximate surface area is 222 Å². The number of nitrogens with zero attached hydrogens (tertiary/aromatic N) is 6. The molecule has 0 unspecified atom stereocenters. The van der Waals surface area contributed by atoms with E-state index in [4.69, 9.17) is 5.26 Å². The zero-order valence-electron chi connectivity index (χ0n) is 21.3. The lowest BCUT2D eigenvalue weighted by Gasteiger charge is -2.12. The van der Waals surface area contributed by atoms with Crippen molar-refractivity contribution >= 4 is 23.3 Å². The first kappa shape index (κ1) is 27.3. The molecule has 0 atom stereocenters. The van der Waals surface area contributed by atoms with Crippen molar-refractivity contribution in [3.63, 3.8) is 0 Å². The van der Waals surface area contributed by atoms with Gasteiger partial charge in [0, 0.05) is 50.2 Å². The number of halogens is 3. The van der Waals surface area contributed by atoms with Crippen molar-refractivity contribution in [1.29, 1.82) is 5.26 Å². The van der Waals surface area contributed by atoms with E-state index in [1.807, 2.05) is 25.1 Å². The van der Waals surface area contributed by atoms with Crippen molar-refractivity contribution in [2.24, 2.45) is 0 Å². The molecule has 13 heteroatoms. The molecule has 0 saturated heterocycles. The van der Waals surface area contributed by atoms with E-state index in [1.165, 1.54) is 18.3 Å². The summed E-state index contributed by atoms with van der Waals surface area (Å²) in [5.74, 6) is 0.597. The minimum absolute atomic E-state index is 0.183. The van der Waals surface area contributed by atoms with Gasteiger partial charge in [-0.15, -0.1) is 0 Å². The fraction of sp³-hybridized carbons (Fsp3) is 0.269. The fourth-order valence-corrected chi connectivity index (χ4v) is 3.61. The Kier molecular flexibility index (Phi) is 8.26. The van der Waals surface area contributed by atoms with E-state index in [9.17, 15) is 18.0 Å². The van der Waals surface area contributed by atoms with Gasteiger partial charge in [-0.2, -0.15) is 18.4 Å². The monoisotopic (exact) mass is 537 g/mol. The average Bonchev–Trinajstić information content (AvgIpc) is 3.35. The number of imidazole rings is 1. The number of carbonyl (C=O) groups is 1. The van der Waals surface area contributed by atoms with Gasteiger partial charge in [0.1, 0.15) is 23.2 Å². The number of amides is 1. The largest absolute Gasteiger partial charge is 0.416 e. The van der Waals surface area contributed by atoms with Gasteiger partial charge in [0.05, 0.1) is 16.8 Å². The molecule has 0 spiro atoms. The van der Waals surface area contributed by atoms with E-state index in [2.05, 4.69) is 30.9 Å². The molecule has 0 aliphatic rings. The fourth-order valence-electron chi connectivity index (χ4n) is 3.61. The SMILES string of the molecule is CN(C)CCNC(=O)c1cn2c(NCCNc3ccc(C#N)cn3)nc(-c3ccc(C(F)(F)F)cc3)cc2n1. The molecule has 3 N–H and O–H groups in total. The van der Waals surface area contributed by atoms with Gasteiger partial charge in [-0.1, -0.05) is 12.1 Å². The molecule has 1 amide bonds. The Morgan fingerprint density at radius 1 is 1.05 bits per heavy atom. The predicted octanol–water partition coefficient (Wildman–Crippen LogP) is 3.50. The topological polar surface area (TPSA) is 123 Å². The molecule has 39 heavy (non-hydrogen) atoms. The van der Waals surface area contributed by atoms with Gasteiger partial charge in [-0.25, -0.2) is 15.0 Å². The van der Waals surface area contributed by atoms with Crippen molar-refractivity contribution in [2.75, 3.05) is 50.9 Å². The molecule has 0 aliphatic carbocycles. The molecular weight excluding hydrogens is 511 g/mol. The number of nitriles is 1. The number of anilines is 2.